The van der Waals surface area contributed by atoms with Crippen molar-refractivity contribution < 1.29 is 9.84 Å². The van der Waals surface area contributed by atoms with Crippen LogP contribution in [0.5, 0.6) is 0 Å². The first-order chi connectivity index (χ1) is 7.37. The first kappa shape index (κ1) is 15.9. The minimum absolute atomic E-state index is 0.394. The summed E-state index contributed by atoms with van der Waals surface area (Å²) in [4.78, 5) is 0. The van der Waals surface area contributed by atoms with Gasteiger partial charge in [0.15, 0.2) is 0 Å². The second kappa shape index (κ2) is 8.04. The van der Waals surface area contributed by atoms with Crippen LogP contribution < -0.4 is 5.32 Å². The van der Waals surface area contributed by atoms with Crippen LogP contribution in [-0.4, -0.2) is 37.0 Å². The Kier molecular flexibility index (Phi) is 7.98. The van der Waals surface area contributed by atoms with Crippen LogP contribution >= 0.6 is 0 Å². The number of ether oxygens (including phenoxy) is 1. The summed E-state index contributed by atoms with van der Waals surface area (Å²) in [5, 5.41) is 13.5. The van der Waals surface area contributed by atoms with Crippen LogP contribution in [0.1, 0.15) is 47.0 Å². The maximum atomic E-state index is 10.1. The maximum Gasteiger partial charge on any atom is 0.0743 e. The van der Waals surface area contributed by atoms with E-state index in [1.54, 1.807) is 7.11 Å². The number of rotatable bonds is 9. The van der Waals surface area contributed by atoms with Crippen molar-refractivity contribution in [3.63, 3.8) is 0 Å². The van der Waals surface area contributed by atoms with Crippen LogP contribution in [0, 0.1) is 5.92 Å². The summed E-state index contributed by atoms with van der Waals surface area (Å²) >= 11 is 0. The number of nitrogens with one attached hydrogen (secondary N) is 1. The van der Waals surface area contributed by atoms with Gasteiger partial charge in [0, 0.05) is 26.3 Å². The van der Waals surface area contributed by atoms with Crippen molar-refractivity contribution >= 4 is 0 Å². The van der Waals surface area contributed by atoms with E-state index in [4.69, 9.17) is 4.74 Å². The Bertz CT molecular complexity index is 169. The fourth-order valence-electron chi connectivity index (χ4n) is 1.48. The predicted molar refractivity (Wildman–Crippen MR) is 68.7 cm³/mol. The maximum absolute atomic E-state index is 10.1. The van der Waals surface area contributed by atoms with Gasteiger partial charge in [-0.3, -0.25) is 0 Å². The van der Waals surface area contributed by atoms with E-state index >= 15 is 0 Å². The van der Waals surface area contributed by atoms with Gasteiger partial charge in [-0.25, -0.2) is 0 Å². The van der Waals surface area contributed by atoms with Crippen molar-refractivity contribution in [1.29, 1.82) is 0 Å². The Morgan fingerprint density at radius 2 is 1.88 bits per heavy atom. The zero-order chi connectivity index (χ0) is 12.6. The van der Waals surface area contributed by atoms with Crippen molar-refractivity contribution in [3.8, 4) is 0 Å². The molecule has 3 heteroatoms. The summed E-state index contributed by atoms with van der Waals surface area (Å²) < 4.78 is 5.02. The van der Waals surface area contributed by atoms with Crippen LogP contribution in [0.4, 0.5) is 0 Å². The highest BCUT2D eigenvalue weighted by Gasteiger charge is 2.20. The van der Waals surface area contributed by atoms with E-state index in [0.717, 1.165) is 25.9 Å². The average Bonchev–Trinajstić information content (AvgIpc) is 2.21. The molecule has 0 aromatic rings. The molecule has 2 unspecified atom stereocenters. The van der Waals surface area contributed by atoms with Crippen LogP contribution in [0.15, 0.2) is 0 Å². The molecule has 0 aliphatic heterocycles. The highest BCUT2D eigenvalue weighted by atomic mass is 16.5. The fraction of sp³-hybridized carbons (Fsp3) is 1.00. The van der Waals surface area contributed by atoms with Gasteiger partial charge in [-0.05, 0) is 39.0 Å². The standard InChI is InChI=1S/C13H29NO2/c1-11(2)6-8-13(4,15)10-14-12(3)7-9-16-5/h11-12,14-15H,6-10H2,1-5H3. The second-order valence-electron chi connectivity index (χ2n) is 5.49. The van der Waals surface area contributed by atoms with Gasteiger partial charge in [0.05, 0.1) is 5.60 Å². The molecule has 0 spiro atoms. The highest BCUT2D eigenvalue weighted by Crippen LogP contribution is 2.15. The molecule has 0 bridgehead atoms. The molecule has 16 heavy (non-hydrogen) atoms. The lowest BCUT2D eigenvalue weighted by Crippen LogP contribution is -2.42. The molecule has 0 rings (SSSR count). The lowest BCUT2D eigenvalue weighted by molar-refractivity contribution is 0.0418. The monoisotopic (exact) mass is 231 g/mol. The molecule has 0 saturated heterocycles. The first-order valence-corrected chi connectivity index (χ1v) is 6.32. The summed E-state index contributed by atoms with van der Waals surface area (Å²) in [6, 6.07) is 0.394. The van der Waals surface area contributed by atoms with Crippen LogP contribution in [-0.2, 0) is 4.74 Å². The second-order valence-corrected chi connectivity index (χ2v) is 5.49. The third-order valence-corrected chi connectivity index (χ3v) is 2.85. The van der Waals surface area contributed by atoms with E-state index in [1.165, 1.54) is 0 Å². The largest absolute Gasteiger partial charge is 0.389 e. The highest BCUT2D eigenvalue weighted by molar-refractivity contribution is 4.77. The summed E-state index contributed by atoms with van der Waals surface area (Å²) in [7, 11) is 1.71. The average molecular weight is 231 g/mol. The van der Waals surface area contributed by atoms with E-state index < -0.39 is 5.60 Å². The van der Waals surface area contributed by atoms with Crippen molar-refractivity contribution in [2.45, 2.75) is 58.6 Å². The number of hydrogen-bond donors (Lipinski definition) is 2. The van der Waals surface area contributed by atoms with Crippen molar-refractivity contribution in [1.82, 2.24) is 5.32 Å². The van der Waals surface area contributed by atoms with Crippen LogP contribution in [0.2, 0.25) is 0 Å². The van der Waals surface area contributed by atoms with Crippen LogP contribution in [0.3, 0.4) is 0 Å². The molecular formula is C13H29NO2. The van der Waals surface area contributed by atoms with Crippen molar-refractivity contribution in [2.24, 2.45) is 5.92 Å². The zero-order valence-corrected chi connectivity index (χ0v) is 11.5. The molecule has 0 aliphatic rings. The van der Waals surface area contributed by atoms with E-state index in [1.807, 2.05) is 6.92 Å². The van der Waals surface area contributed by atoms with Gasteiger partial charge in [0.25, 0.3) is 0 Å². The van der Waals surface area contributed by atoms with E-state index in [-0.39, 0.29) is 0 Å². The molecule has 0 aromatic heterocycles. The van der Waals surface area contributed by atoms with E-state index in [0.29, 0.717) is 18.5 Å². The van der Waals surface area contributed by atoms with Gasteiger partial charge in [0.1, 0.15) is 0 Å². The summed E-state index contributed by atoms with van der Waals surface area (Å²) in [6.45, 7) is 9.82. The lowest BCUT2D eigenvalue weighted by atomic mass is 9.95. The number of aliphatic hydroxyl groups is 1. The Morgan fingerprint density at radius 1 is 1.25 bits per heavy atom. The summed E-state index contributed by atoms with van der Waals surface area (Å²) in [5.41, 5.74) is -0.592. The molecular weight excluding hydrogens is 202 g/mol. The smallest absolute Gasteiger partial charge is 0.0743 e. The quantitative estimate of drug-likeness (QED) is 0.639. The molecule has 0 heterocycles. The van der Waals surface area contributed by atoms with E-state index in [2.05, 4.69) is 26.1 Å². The van der Waals surface area contributed by atoms with Gasteiger partial charge >= 0.3 is 0 Å². The molecule has 0 aromatic carbocycles. The van der Waals surface area contributed by atoms with Gasteiger partial charge in [0.2, 0.25) is 0 Å². The molecule has 2 atom stereocenters. The normalized spacial score (nSPS) is 17.4. The number of hydrogen-bond acceptors (Lipinski definition) is 3. The van der Waals surface area contributed by atoms with Crippen molar-refractivity contribution in [3.05, 3.63) is 0 Å². The molecule has 2 N–H and O–H groups in total. The fourth-order valence-corrected chi connectivity index (χ4v) is 1.48. The zero-order valence-electron chi connectivity index (χ0n) is 11.5. The Labute approximate surface area is 101 Å². The molecule has 98 valence electrons. The third kappa shape index (κ3) is 9.13. The molecule has 3 nitrogen and oxygen atoms in total. The minimum Gasteiger partial charge on any atom is -0.389 e. The van der Waals surface area contributed by atoms with E-state index in [9.17, 15) is 5.11 Å². The summed E-state index contributed by atoms with van der Waals surface area (Å²) in [6.07, 6.45) is 2.91. The molecule has 0 radical (unpaired) electrons. The third-order valence-electron chi connectivity index (χ3n) is 2.85. The minimum atomic E-state index is -0.592. The first-order valence-electron chi connectivity index (χ1n) is 6.32. The predicted octanol–water partition coefficient (Wildman–Crippen LogP) is 2.19. The Balaban J connectivity index is 3.71. The van der Waals surface area contributed by atoms with Gasteiger partial charge in [-0.15, -0.1) is 0 Å². The Hall–Kier alpha value is -0.120. The Morgan fingerprint density at radius 3 is 2.38 bits per heavy atom. The SMILES string of the molecule is COCCC(C)NCC(C)(O)CCC(C)C. The molecule has 0 fully saturated rings. The van der Waals surface area contributed by atoms with Crippen LogP contribution in [0.25, 0.3) is 0 Å². The van der Waals surface area contributed by atoms with Gasteiger partial charge in [-0.2, -0.15) is 0 Å². The van der Waals surface area contributed by atoms with Crippen molar-refractivity contribution in [2.75, 3.05) is 20.3 Å². The molecule has 0 aliphatic carbocycles. The molecule has 0 saturated carbocycles. The number of methoxy groups -OCH3 is 1. The lowest BCUT2D eigenvalue weighted by Gasteiger charge is -2.26. The topological polar surface area (TPSA) is 41.5 Å². The van der Waals surface area contributed by atoms with Gasteiger partial charge < -0.3 is 15.2 Å². The van der Waals surface area contributed by atoms with Gasteiger partial charge in [-0.1, -0.05) is 13.8 Å². The summed E-state index contributed by atoms with van der Waals surface area (Å²) in [5.74, 6) is 0.650. The molecule has 0 amide bonds.